The molecule has 2 rings (SSSR count). The van der Waals surface area contributed by atoms with Crippen molar-refractivity contribution in [1.82, 2.24) is 0 Å². The number of methoxy groups -OCH3 is 1. The summed E-state index contributed by atoms with van der Waals surface area (Å²) in [5, 5.41) is 9.04. The Kier molecular flexibility index (Phi) is 5.11. The van der Waals surface area contributed by atoms with Crippen LogP contribution in [0.15, 0.2) is 18.2 Å². The number of sulfone groups is 1. The van der Waals surface area contributed by atoms with E-state index >= 15 is 0 Å². The fourth-order valence-electron chi connectivity index (χ4n) is 2.68. The van der Waals surface area contributed by atoms with Crippen LogP contribution in [0, 0.1) is 0 Å². The van der Waals surface area contributed by atoms with E-state index in [1.807, 2.05) is 0 Å². The topological polar surface area (TPSA) is 72.8 Å². The number of hydrogen-bond donors (Lipinski definition) is 1. The van der Waals surface area contributed by atoms with Gasteiger partial charge in [0, 0.05) is 24.3 Å². The van der Waals surface area contributed by atoms with Crippen molar-refractivity contribution in [2.75, 3.05) is 13.4 Å². The maximum atomic E-state index is 11.7. The molecule has 0 aliphatic heterocycles. The van der Waals surface area contributed by atoms with Crippen LogP contribution in [0.3, 0.4) is 0 Å². The molecule has 21 heavy (non-hydrogen) atoms. The van der Waals surface area contributed by atoms with Crippen molar-refractivity contribution in [2.24, 2.45) is 0 Å². The van der Waals surface area contributed by atoms with E-state index in [4.69, 9.17) is 9.47 Å². The summed E-state index contributed by atoms with van der Waals surface area (Å²) in [5.74, 6) is 1.22. The lowest BCUT2D eigenvalue weighted by atomic mass is 9.97. The van der Waals surface area contributed by atoms with E-state index in [2.05, 4.69) is 0 Å². The number of hydrogen-bond acceptors (Lipinski definition) is 5. The van der Waals surface area contributed by atoms with Crippen molar-refractivity contribution in [3.63, 3.8) is 0 Å². The Morgan fingerprint density at radius 1 is 1.33 bits per heavy atom. The summed E-state index contributed by atoms with van der Waals surface area (Å²) >= 11 is 0. The van der Waals surface area contributed by atoms with Crippen molar-refractivity contribution < 1.29 is 23.0 Å². The zero-order chi connectivity index (χ0) is 15.5. The van der Waals surface area contributed by atoms with Gasteiger partial charge in [-0.2, -0.15) is 0 Å². The predicted molar refractivity (Wildman–Crippen MR) is 80.4 cm³/mol. The smallest absolute Gasteiger partial charge is 0.150 e. The van der Waals surface area contributed by atoms with E-state index in [1.54, 1.807) is 25.3 Å². The molecule has 2 atom stereocenters. The third-order valence-corrected chi connectivity index (χ3v) is 5.56. The van der Waals surface area contributed by atoms with Gasteiger partial charge in [0.2, 0.25) is 0 Å². The summed E-state index contributed by atoms with van der Waals surface area (Å²) in [7, 11) is -1.47. The average Bonchev–Trinajstić information content (AvgIpc) is 2.46. The minimum atomic E-state index is -3.03. The van der Waals surface area contributed by atoms with E-state index in [9.17, 15) is 13.5 Å². The van der Waals surface area contributed by atoms with Crippen molar-refractivity contribution in [3.05, 3.63) is 23.8 Å². The monoisotopic (exact) mass is 314 g/mol. The third-order valence-electron chi connectivity index (χ3n) is 3.92. The molecule has 1 aliphatic carbocycles. The summed E-state index contributed by atoms with van der Waals surface area (Å²) < 4.78 is 34.5. The van der Waals surface area contributed by atoms with E-state index in [-0.39, 0.29) is 18.0 Å². The molecule has 0 saturated heterocycles. The fourth-order valence-corrected chi connectivity index (χ4v) is 3.84. The van der Waals surface area contributed by atoms with Crippen molar-refractivity contribution >= 4 is 9.84 Å². The minimum Gasteiger partial charge on any atom is -0.497 e. The van der Waals surface area contributed by atoms with E-state index < -0.39 is 9.84 Å². The van der Waals surface area contributed by atoms with Crippen LogP contribution < -0.4 is 9.47 Å². The van der Waals surface area contributed by atoms with E-state index in [0.29, 0.717) is 29.9 Å². The van der Waals surface area contributed by atoms with Crippen LogP contribution in [-0.2, 0) is 16.4 Å². The Bertz CT molecular complexity index is 582. The maximum absolute atomic E-state index is 11.7. The first kappa shape index (κ1) is 16.1. The highest BCUT2D eigenvalue weighted by Crippen LogP contribution is 2.31. The maximum Gasteiger partial charge on any atom is 0.150 e. The zero-order valence-electron chi connectivity index (χ0n) is 12.4. The zero-order valence-corrected chi connectivity index (χ0v) is 13.2. The van der Waals surface area contributed by atoms with Gasteiger partial charge in [-0.15, -0.1) is 0 Å². The van der Waals surface area contributed by atoms with Crippen LogP contribution in [-0.4, -0.2) is 38.2 Å². The molecule has 6 heteroatoms. The number of rotatable bonds is 5. The van der Waals surface area contributed by atoms with Gasteiger partial charge in [-0.1, -0.05) is 0 Å². The molecule has 0 amide bonds. The van der Waals surface area contributed by atoms with Gasteiger partial charge in [-0.25, -0.2) is 8.42 Å². The Balaban J connectivity index is 2.14. The molecule has 0 spiro atoms. The van der Waals surface area contributed by atoms with Crippen LogP contribution in [0.4, 0.5) is 0 Å². The van der Waals surface area contributed by atoms with Crippen molar-refractivity contribution in [2.45, 2.75) is 43.6 Å². The molecule has 0 aromatic heterocycles. The minimum absolute atomic E-state index is 0.123. The Hall–Kier alpha value is -1.27. The molecule has 5 nitrogen and oxygen atoms in total. The van der Waals surface area contributed by atoms with Crippen LogP contribution >= 0.6 is 0 Å². The van der Waals surface area contributed by atoms with Crippen LogP contribution in [0.2, 0.25) is 0 Å². The molecule has 1 aromatic rings. The first-order valence-corrected chi connectivity index (χ1v) is 9.02. The van der Waals surface area contributed by atoms with Gasteiger partial charge < -0.3 is 14.6 Å². The van der Waals surface area contributed by atoms with Gasteiger partial charge in [0.25, 0.3) is 0 Å². The molecule has 0 bridgehead atoms. The fraction of sp³-hybridized carbons (Fsp3) is 0.600. The standard InChI is InChI=1S/C15H22O5S/c1-19-12-7-6-11(10-16)15(9-12)20-13-4-3-5-14(8-13)21(2,17)18/h6-7,9,13-14,16H,3-5,8,10H2,1-2H3. The van der Waals surface area contributed by atoms with Gasteiger partial charge >= 0.3 is 0 Å². The molecule has 1 aliphatic rings. The van der Waals surface area contributed by atoms with Gasteiger partial charge in [-0.3, -0.25) is 0 Å². The number of ether oxygens (including phenoxy) is 2. The number of benzene rings is 1. The Morgan fingerprint density at radius 2 is 2.10 bits per heavy atom. The first-order chi connectivity index (χ1) is 9.94. The number of aliphatic hydroxyl groups is 1. The molecule has 1 N–H and O–H groups in total. The lowest BCUT2D eigenvalue weighted by Gasteiger charge is -2.29. The second kappa shape index (κ2) is 6.66. The van der Waals surface area contributed by atoms with Gasteiger partial charge in [0.05, 0.1) is 25.1 Å². The summed E-state index contributed by atoms with van der Waals surface area (Å²) in [6.45, 7) is -0.123. The molecule has 0 radical (unpaired) electrons. The quantitative estimate of drug-likeness (QED) is 0.899. The molecule has 1 fully saturated rings. The van der Waals surface area contributed by atoms with Gasteiger partial charge in [0.15, 0.2) is 0 Å². The second-order valence-corrected chi connectivity index (χ2v) is 7.82. The summed E-state index contributed by atoms with van der Waals surface area (Å²) in [6, 6.07) is 5.25. The Morgan fingerprint density at radius 3 is 2.71 bits per heavy atom. The highest BCUT2D eigenvalue weighted by Gasteiger charge is 2.30. The Labute approximate surface area is 125 Å². The highest BCUT2D eigenvalue weighted by molar-refractivity contribution is 7.91. The molecule has 2 unspecified atom stereocenters. The van der Waals surface area contributed by atoms with Crippen molar-refractivity contribution in [3.8, 4) is 11.5 Å². The molecular weight excluding hydrogens is 292 g/mol. The van der Waals surface area contributed by atoms with Gasteiger partial charge in [0.1, 0.15) is 21.3 Å². The largest absolute Gasteiger partial charge is 0.497 e. The van der Waals surface area contributed by atoms with E-state index in [1.165, 1.54) is 6.26 Å². The van der Waals surface area contributed by atoms with Crippen LogP contribution in [0.5, 0.6) is 11.5 Å². The normalized spacial score (nSPS) is 22.8. The van der Waals surface area contributed by atoms with Crippen LogP contribution in [0.1, 0.15) is 31.2 Å². The molecule has 1 aromatic carbocycles. The lowest BCUT2D eigenvalue weighted by Crippen LogP contribution is -2.33. The first-order valence-electron chi connectivity index (χ1n) is 7.07. The average molecular weight is 314 g/mol. The molecule has 118 valence electrons. The second-order valence-electron chi connectivity index (χ2n) is 5.49. The highest BCUT2D eigenvalue weighted by atomic mass is 32.2. The molecule has 0 heterocycles. The van der Waals surface area contributed by atoms with Crippen LogP contribution in [0.25, 0.3) is 0 Å². The number of aliphatic hydroxyl groups excluding tert-OH is 1. The summed E-state index contributed by atoms with van der Waals surface area (Å²) in [5.41, 5.74) is 0.678. The predicted octanol–water partition coefficient (Wildman–Crippen LogP) is 1.92. The van der Waals surface area contributed by atoms with Crippen molar-refractivity contribution in [1.29, 1.82) is 0 Å². The molecule has 1 saturated carbocycles. The SMILES string of the molecule is COc1ccc(CO)c(OC2CCCC(S(C)(=O)=O)C2)c1. The van der Waals surface area contributed by atoms with E-state index in [0.717, 1.165) is 12.8 Å². The summed E-state index contributed by atoms with van der Waals surface area (Å²) in [4.78, 5) is 0. The van der Waals surface area contributed by atoms with Gasteiger partial charge in [-0.05, 0) is 31.4 Å². The lowest BCUT2D eigenvalue weighted by molar-refractivity contribution is 0.150. The summed E-state index contributed by atoms with van der Waals surface area (Å²) in [6.07, 6.45) is 4.00. The molecular formula is C15H22O5S. The third kappa shape index (κ3) is 4.11.